The van der Waals surface area contributed by atoms with Crippen LogP contribution in [0.3, 0.4) is 0 Å². The first-order valence-corrected chi connectivity index (χ1v) is 5.83. The van der Waals surface area contributed by atoms with Gasteiger partial charge >= 0.3 is 5.97 Å². The number of aliphatic hydroxyl groups is 2. The molecule has 0 aliphatic carbocycles. The van der Waals surface area contributed by atoms with Crippen LogP contribution in [0.2, 0.25) is 0 Å². The second-order valence-corrected chi connectivity index (χ2v) is 4.54. The van der Waals surface area contributed by atoms with Crippen molar-refractivity contribution in [3.8, 4) is 0 Å². The van der Waals surface area contributed by atoms with Gasteiger partial charge in [0, 0.05) is 12.2 Å². The lowest BCUT2D eigenvalue weighted by atomic mass is 10.1. The van der Waals surface area contributed by atoms with Crippen molar-refractivity contribution >= 4 is 5.97 Å². The van der Waals surface area contributed by atoms with E-state index in [-0.39, 0.29) is 12.8 Å². The summed E-state index contributed by atoms with van der Waals surface area (Å²) in [5, 5.41) is 30.4. The van der Waals surface area contributed by atoms with E-state index >= 15 is 0 Å². The third-order valence-electron chi connectivity index (χ3n) is 2.48. The van der Waals surface area contributed by atoms with E-state index in [1.165, 1.54) is 0 Å². The van der Waals surface area contributed by atoms with Crippen molar-refractivity contribution in [3.63, 3.8) is 0 Å². The number of allylic oxidation sites excluding steroid dienone is 1. The molecule has 0 fully saturated rings. The van der Waals surface area contributed by atoms with Gasteiger partial charge in [-0.2, -0.15) is 0 Å². The molecule has 0 saturated carbocycles. The predicted molar refractivity (Wildman–Crippen MR) is 65.5 cm³/mol. The van der Waals surface area contributed by atoms with E-state index in [0.717, 1.165) is 5.70 Å². The lowest BCUT2D eigenvalue weighted by Crippen LogP contribution is -2.25. The van der Waals surface area contributed by atoms with Crippen LogP contribution in [0.1, 0.15) is 33.1 Å². The number of carboxylic acid groups (broad SMARTS) is 1. The first-order chi connectivity index (χ1) is 7.82. The van der Waals surface area contributed by atoms with Crippen LogP contribution in [-0.4, -0.2) is 40.0 Å². The molecule has 0 saturated heterocycles. The first-order valence-electron chi connectivity index (χ1n) is 5.83. The second-order valence-electron chi connectivity index (χ2n) is 4.54. The Hall–Kier alpha value is -1.07. The van der Waals surface area contributed by atoms with Crippen LogP contribution in [-0.2, 0) is 4.79 Å². The lowest BCUT2D eigenvalue weighted by molar-refractivity contribution is -0.139. The standard InChI is InChI=1S/C12H23NO4/c1-8(2)9(3)13-5-4-10(14)6-11(15)7-12(16)17/h8,10-11,13-15H,3-7H2,1-2H3,(H,16,17)/t10-,11-/m1/s1. The number of hydrogen-bond acceptors (Lipinski definition) is 4. The highest BCUT2D eigenvalue weighted by atomic mass is 16.4. The minimum Gasteiger partial charge on any atom is -0.481 e. The quantitative estimate of drug-likeness (QED) is 0.480. The largest absolute Gasteiger partial charge is 0.481 e. The summed E-state index contributed by atoms with van der Waals surface area (Å²) in [5.41, 5.74) is 0.906. The number of aliphatic hydroxyl groups excluding tert-OH is 2. The molecular formula is C12H23NO4. The van der Waals surface area contributed by atoms with Gasteiger partial charge in [-0.1, -0.05) is 20.4 Å². The maximum Gasteiger partial charge on any atom is 0.305 e. The minimum atomic E-state index is -1.06. The van der Waals surface area contributed by atoms with Gasteiger partial charge in [0.15, 0.2) is 0 Å². The van der Waals surface area contributed by atoms with E-state index in [4.69, 9.17) is 5.11 Å². The van der Waals surface area contributed by atoms with Crippen molar-refractivity contribution in [1.82, 2.24) is 5.32 Å². The van der Waals surface area contributed by atoms with Crippen LogP contribution in [0.4, 0.5) is 0 Å². The summed E-state index contributed by atoms with van der Waals surface area (Å²) in [5.74, 6) is -0.722. The number of aliphatic carboxylic acids is 1. The summed E-state index contributed by atoms with van der Waals surface area (Å²) in [6.07, 6.45) is -1.47. The fraction of sp³-hybridized carbons (Fsp3) is 0.750. The molecule has 0 heterocycles. The fourth-order valence-corrected chi connectivity index (χ4v) is 1.32. The van der Waals surface area contributed by atoms with Crippen LogP contribution < -0.4 is 5.32 Å². The number of carboxylic acids is 1. The molecule has 0 aliphatic heterocycles. The van der Waals surface area contributed by atoms with Gasteiger partial charge in [0.1, 0.15) is 0 Å². The molecule has 0 spiro atoms. The maximum absolute atomic E-state index is 10.3. The third kappa shape index (κ3) is 8.71. The summed E-state index contributed by atoms with van der Waals surface area (Å²) >= 11 is 0. The van der Waals surface area contributed by atoms with E-state index < -0.39 is 18.2 Å². The van der Waals surface area contributed by atoms with Gasteiger partial charge in [-0.15, -0.1) is 0 Å². The van der Waals surface area contributed by atoms with Crippen molar-refractivity contribution in [1.29, 1.82) is 0 Å². The number of carbonyl (C=O) groups is 1. The first kappa shape index (κ1) is 15.9. The van der Waals surface area contributed by atoms with E-state index in [2.05, 4.69) is 11.9 Å². The summed E-state index contributed by atoms with van der Waals surface area (Å²) in [6.45, 7) is 8.43. The highest BCUT2D eigenvalue weighted by molar-refractivity contribution is 5.67. The van der Waals surface area contributed by atoms with E-state index in [1.807, 2.05) is 13.8 Å². The van der Waals surface area contributed by atoms with Gasteiger partial charge in [0.05, 0.1) is 18.6 Å². The zero-order valence-electron chi connectivity index (χ0n) is 10.5. The molecule has 0 aromatic heterocycles. The van der Waals surface area contributed by atoms with Gasteiger partial charge < -0.3 is 20.6 Å². The Morgan fingerprint density at radius 1 is 1.29 bits per heavy atom. The Morgan fingerprint density at radius 2 is 1.88 bits per heavy atom. The van der Waals surface area contributed by atoms with Gasteiger partial charge in [-0.3, -0.25) is 4.79 Å². The molecule has 0 amide bonds. The molecule has 5 heteroatoms. The summed E-state index contributed by atoms with van der Waals surface area (Å²) in [7, 11) is 0. The van der Waals surface area contributed by atoms with Crippen molar-refractivity contribution < 1.29 is 20.1 Å². The van der Waals surface area contributed by atoms with Gasteiger partial charge in [-0.25, -0.2) is 0 Å². The van der Waals surface area contributed by atoms with Crippen LogP contribution in [0.5, 0.6) is 0 Å². The molecule has 0 rings (SSSR count). The highest BCUT2D eigenvalue weighted by Crippen LogP contribution is 2.07. The Balaban J connectivity index is 3.69. The Labute approximate surface area is 102 Å². The Bertz CT molecular complexity index is 253. The molecule has 2 atom stereocenters. The summed E-state index contributed by atoms with van der Waals surface area (Å²) < 4.78 is 0. The molecule has 0 aliphatic rings. The summed E-state index contributed by atoms with van der Waals surface area (Å²) in [6, 6.07) is 0. The zero-order chi connectivity index (χ0) is 13.4. The van der Waals surface area contributed by atoms with Crippen LogP contribution >= 0.6 is 0 Å². The van der Waals surface area contributed by atoms with Gasteiger partial charge in [0.25, 0.3) is 0 Å². The van der Waals surface area contributed by atoms with Crippen LogP contribution in [0.15, 0.2) is 12.3 Å². The number of hydrogen-bond donors (Lipinski definition) is 4. The van der Waals surface area contributed by atoms with Crippen molar-refractivity contribution in [2.24, 2.45) is 5.92 Å². The third-order valence-corrected chi connectivity index (χ3v) is 2.48. The maximum atomic E-state index is 10.3. The van der Waals surface area contributed by atoms with E-state index in [1.54, 1.807) is 0 Å². The molecule has 100 valence electrons. The minimum absolute atomic E-state index is 0.0855. The molecule has 0 unspecified atom stereocenters. The van der Waals surface area contributed by atoms with Crippen LogP contribution in [0, 0.1) is 5.92 Å². The Kier molecular flexibility index (Phi) is 7.58. The topological polar surface area (TPSA) is 89.8 Å². The molecule has 0 radical (unpaired) electrons. The highest BCUT2D eigenvalue weighted by Gasteiger charge is 2.14. The molecular weight excluding hydrogens is 222 g/mol. The smallest absolute Gasteiger partial charge is 0.305 e. The second kappa shape index (κ2) is 8.08. The van der Waals surface area contributed by atoms with Crippen molar-refractivity contribution in [3.05, 3.63) is 12.3 Å². The lowest BCUT2D eigenvalue weighted by Gasteiger charge is -2.16. The van der Waals surface area contributed by atoms with Crippen molar-refractivity contribution in [2.75, 3.05) is 6.54 Å². The van der Waals surface area contributed by atoms with Gasteiger partial charge in [-0.05, 0) is 18.8 Å². The van der Waals surface area contributed by atoms with Crippen LogP contribution in [0.25, 0.3) is 0 Å². The SMILES string of the molecule is C=C(NCC[C@@H](O)C[C@@H](O)CC(=O)O)C(C)C. The fourth-order valence-electron chi connectivity index (χ4n) is 1.32. The number of nitrogens with one attached hydrogen (secondary N) is 1. The average molecular weight is 245 g/mol. The normalized spacial score (nSPS) is 14.4. The summed E-state index contributed by atoms with van der Waals surface area (Å²) in [4.78, 5) is 10.3. The zero-order valence-corrected chi connectivity index (χ0v) is 10.5. The molecule has 4 N–H and O–H groups in total. The molecule has 0 aromatic rings. The van der Waals surface area contributed by atoms with E-state index in [9.17, 15) is 15.0 Å². The molecule has 17 heavy (non-hydrogen) atoms. The van der Waals surface area contributed by atoms with Gasteiger partial charge in [0.2, 0.25) is 0 Å². The average Bonchev–Trinajstić information content (AvgIpc) is 2.15. The molecule has 0 bridgehead atoms. The predicted octanol–water partition coefficient (Wildman–Crippen LogP) is 0.722. The van der Waals surface area contributed by atoms with Crippen molar-refractivity contribution in [2.45, 2.75) is 45.3 Å². The molecule has 5 nitrogen and oxygen atoms in total. The monoisotopic (exact) mass is 245 g/mol. The molecule has 0 aromatic carbocycles. The Morgan fingerprint density at radius 3 is 2.35 bits per heavy atom. The number of rotatable bonds is 9. The van der Waals surface area contributed by atoms with E-state index in [0.29, 0.717) is 18.9 Å².